The average Bonchev–Trinajstić information content (AvgIpc) is 2.51. The van der Waals surface area contributed by atoms with Crippen molar-refractivity contribution in [2.24, 2.45) is 0 Å². The van der Waals surface area contributed by atoms with Crippen molar-refractivity contribution < 1.29 is 0 Å². The Bertz CT molecular complexity index is 568. The molecule has 0 aliphatic heterocycles. The summed E-state index contributed by atoms with van der Waals surface area (Å²) in [6.07, 6.45) is 7.08. The molecule has 3 rings (SSSR count). The molecule has 0 saturated heterocycles. The zero-order chi connectivity index (χ0) is 13.3. The fourth-order valence-electron chi connectivity index (χ4n) is 1.50. The number of nitrogens with zero attached hydrogens (tertiary/aromatic N) is 3. The van der Waals surface area contributed by atoms with Crippen molar-refractivity contribution in [3.63, 3.8) is 0 Å². The van der Waals surface area contributed by atoms with E-state index in [4.69, 9.17) is 0 Å². The van der Waals surface area contributed by atoms with E-state index in [1.165, 1.54) is 5.56 Å². The third-order valence-corrected chi connectivity index (χ3v) is 2.41. The maximum atomic E-state index is 4.25. The lowest BCUT2D eigenvalue weighted by Gasteiger charge is -1.99. The van der Waals surface area contributed by atoms with Gasteiger partial charge in [-0.3, -0.25) is 15.0 Å². The number of hydrogen-bond donors (Lipinski definition) is 0. The zero-order valence-corrected chi connectivity index (χ0v) is 10.8. The average molecular weight is 249 g/mol. The highest BCUT2D eigenvalue weighted by Crippen LogP contribution is 2.13. The fourth-order valence-corrected chi connectivity index (χ4v) is 1.50. The first kappa shape index (κ1) is 12.9. The largest absolute Gasteiger partial charge is 0.265 e. The van der Waals surface area contributed by atoms with Crippen LogP contribution in [-0.2, 0) is 0 Å². The summed E-state index contributed by atoms with van der Waals surface area (Å²) in [4.78, 5) is 12.3. The van der Waals surface area contributed by atoms with Crippen LogP contribution in [0.15, 0.2) is 73.3 Å². The minimum absolute atomic E-state index is 0.922. The van der Waals surface area contributed by atoms with Gasteiger partial charge in [0.25, 0.3) is 0 Å². The van der Waals surface area contributed by atoms with Crippen LogP contribution in [0.3, 0.4) is 0 Å². The highest BCUT2D eigenvalue weighted by atomic mass is 14.8. The van der Waals surface area contributed by atoms with Crippen molar-refractivity contribution in [3.8, 4) is 11.4 Å². The molecule has 94 valence electrons. The van der Waals surface area contributed by atoms with Crippen LogP contribution in [0.1, 0.15) is 5.56 Å². The normalized spacial score (nSPS) is 9.32. The summed E-state index contributed by atoms with van der Waals surface area (Å²) in [6.45, 7) is 2.05. The lowest BCUT2D eigenvalue weighted by atomic mass is 10.2. The van der Waals surface area contributed by atoms with Gasteiger partial charge in [0, 0.05) is 24.8 Å². The molecule has 19 heavy (non-hydrogen) atoms. The monoisotopic (exact) mass is 249 g/mol. The van der Waals surface area contributed by atoms with Crippen LogP contribution in [0.5, 0.6) is 0 Å². The standard InChI is InChI=1S/C11H10N2.C5H5N/c1-9-5-7-13-11(8-9)10-4-2-3-6-12-10;1-2-4-6-5-3-1/h2-8H,1H3;1-5H. The lowest BCUT2D eigenvalue weighted by molar-refractivity contribution is 1.23. The Morgan fingerprint density at radius 3 is 1.95 bits per heavy atom. The van der Waals surface area contributed by atoms with Crippen LogP contribution in [0, 0.1) is 6.92 Å². The van der Waals surface area contributed by atoms with E-state index in [1.54, 1.807) is 24.8 Å². The minimum atomic E-state index is 0.922. The molecule has 3 nitrogen and oxygen atoms in total. The maximum Gasteiger partial charge on any atom is 0.0888 e. The fraction of sp³-hybridized carbons (Fsp3) is 0.0625. The van der Waals surface area contributed by atoms with E-state index in [0.29, 0.717) is 0 Å². The van der Waals surface area contributed by atoms with Gasteiger partial charge in [-0.25, -0.2) is 0 Å². The van der Waals surface area contributed by atoms with Gasteiger partial charge in [-0.15, -0.1) is 0 Å². The van der Waals surface area contributed by atoms with Crippen LogP contribution >= 0.6 is 0 Å². The molecule has 0 aliphatic rings. The van der Waals surface area contributed by atoms with Gasteiger partial charge in [-0.05, 0) is 48.9 Å². The molecule has 3 heteroatoms. The minimum Gasteiger partial charge on any atom is -0.265 e. The molecular weight excluding hydrogens is 234 g/mol. The topological polar surface area (TPSA) is 38.7 Å². The van der Waals surface area contributed by atoms with Gasteiger partial charge in [0.1, 0.15) is 0 Å². The molecule has 0 spiro atoms. The molecule has 3 aromatic rings. The smallest absolute Gasteiger partial charge is 0.0888 e. The Morgan fingerprint density at radius 2 is 1.42 bits per heavy atom. The second kappa shape index (κ2) is 7.01. The summed E-state index contributed by atoms with van der Waals surface area (Å²) in [6, 6.07) is 15.6. The highest BCUT2D eigenvalue weighted by Gasteiger charge is 1.97. The molecule has 0 radical (unpaired) electrons. The molecule has 0 amide bonds. The lowest BCUT2D eigenvalue weighted by Crippen LogP contribution is -1.86. The SMILES string of the molecule is Cc1ccnc(-c2ccccn2)c1.c1ccncc1. The molecule has 0 bridgehead atoms. The Kier molecular flexibility index (Phi) is 4.76. The van der Waals surface area contributed by atoms with Crippen molar-refractivity contribution in [1.29, 1.82) is 0 Å². The molecule has 0 unspecified atom stereocenters. The Hall–Kier alpha value is -2.55. The van der Waals surface area contributed by atoms with Gasteiger partial charge < -0.3 is 0 Å². The number of aromatic nitrogens is 3. The molecule has 0 N–H and O–H groups in total. The first-order valence-corrected chi connectivity index (χ1v) is 6.05. The van der Waals surface area contributed by atoms with Crippen LogP contribution in [-0.4, -0.2) is 15.0 Å². The highest BCUT2D eigenvalue weighted by molar-refractivity contribution is 5.54. The molecule has 0 aromatic carbocycles. The molecule has 0 aliphatic carbocycles. The third-order valence-electron chi connectivity index (χ3n) is 2.41. The number of rotatable bonds is 1. The Balaban J connectivity index is 0.000000186. The second-order valence-electron chi connectivity index (χ2n) is 3.96. The molecule has 0 fully saturated rings. The summed E-state index contributed by atoms with van der Waals surface area (Å²) in [5.41, 5.74) is 3.06. The second-order valence-corrected chi connectivity index (χ2v) is 3.96. The van der Waals surface area contributed by atoms with E-state index in [9.17, 15) is 0 Å². The number of hydrogen-bond acceptors (Lipinski definition) is 3. The summed E-state index contributed by atoms with van der Waals surface area (Å²) in [5, 5.41) is 0. The first-order chi connectivity index (χ1) is 9.36. The summed E-state index contributed by atoms with van der Waals surface area (Å²) in [7, 11) is 0. The van der Waals surface area contributed by atoms with Crippen LogP contribution in [0.4, 0.5) is 0 Å². The Morgan fingerprint density at radius 1 is 0.684 bits per heavy atom. The molecule has 0 saturated carbocycles. The van der Waals surface area contributed by atoms with Gasteiger partial charge in [0.05, 0.1) is 11.4 Å². The van der Waals surface area contributed by atoms with E-state index in [-0.39, 0.29) is 0 Å². The summed E-state index contributed by atoms with van der Waals surface area (Å²) < 4.78 is 0. The molecule has 3 aromatic heterocycles. The van der Waals surface area contributed by atoms with Gasteiger partial charge in [-0.2, -0.15) is 0 Å². The van der Waals surface area contributed by atoms with E-state index in [1.807, 2.05) is 55.5 Å². The van der Waals surface area contributed by atoms with Crippen molar-refractivity contribution in [3.05, 3.63) is 78.9 Å². The quantitative estimate of drug-likeness (QED) is 0.662. The van der Waals surface area contributed by atoms with Crippen LogP contribution in [0.2, 0.25) is 0 Å². The zero-order valence-electron chi connectivity index (χ0n) is 10.8. The molecule has 3 heterocycles. The van der Waals surface area contributed by atoms with E-state index >= 15 is 0 Å². The van der Waals surface area contributed by atoms with Crippen molar-refractivity contribution in [1.82, 2.24) is 15.0 Å². The van der Waals surface area contributed by atoms with Crippen molar-refractivity contribution in [2.45, 2.75) is 6.92 Å². The maximum absolute atomic E-state index is 4.25. The van der Waals surface area contributed by atoms with E-state index in [2.05, 4.69) is 15.0 Å². The summed E-state index contributed by atoms with van der Waals surface area (Å²) >= 11 is 0. The predicted molar refractivity (Wildman–Crippen MR) is 76.4 cm³/mol. The van der Waals surface area contributed by atoms with E-state index < -0.39 is 0 Å². The van der Waals surface area contributed by atoms with Crippen molar-refractivity contribution >= 4 is 0 Å². The predicted octanol–water partition coefficient (Wildman–Crippen LogP) is 3.53. The van der Waals surface area contributed by atoms with E-state index in [0.717, 1.165) is 11.4 Å². The van der Waals surface area contributed by atoms with Gasteiger partial charge in [0.15, 0.2) is 0 Å². The Labute approximate surface area is 113 Å². The first-order valence-electron chi connectivity index (χ1n) is 6.05. The number of pyridine rings is 3. The summed E-state index contributed by atoms with van der Waals surface area (Å²) in [5.74, 6) is 0. The number of aryl methyl sites for hydroxylation is 1. The van der Waals surface area contributed by atoms with Crippen molar-refractivity contribution in [2.75, 3.05) is 0 Å². The third kappa shape index (κ3) is 4.32. The van der Waals surface area contributed by atoms with Crippen LogP contribution in [0.25, 0.3) is 11.4 Å². The van der Waals surface area contributed by atoms with Gasteiger partial charge in [0.2, 0.25) is 0 Å². The van der Waals surface area contributed by atoms with Gasteiger partial charge in [-0.1, -0.05) is 12.1 Å². The molecular formula is C16H15N3. The molecule has 0 atom stereocenters. The van der Waals surface area contributed by atoms with Gasteiger partial charge >= 0.3 is 0 Å². The van der Waals surface area contributed by atoms with Crippen LogP contribution < -0.4 is 0 Å².